The van der Waals surface area contributed by atoms with Gasteiger partial charge in [-0.15, -0.1) is 0 Å². The second kappa shape index (κ2) is 7.13. The lowest BCUT2D eigenvalue weighted by Crippen LogP contribution is -2.61. The number of piperidine rings is 2. The van der Waals surface area contributed by atoms with Crippen LogP contribution in [0.5, 0.6) is 0 Å². The molecule has 2 bridgehead atoms. The second-order valence-electron chi connectivity index (χ2n) is 6.82. The lowest BCUT2D eigenvalue weighted by atomic mass is 9.82. The summed E-state index contributed by atoms with van der Waals surface area (Å²) in [5.41, 5.74) is 0. The third kappa shape index (κ3) is 3.71. The second-order valence-corrected chi connectivity index (χ2v) is 7.21. The van der Waals surface area contributed by atoms with Crippen LogP contribution in [0.15, 0.2) is 0 Å². The molecule has 3 aliphatic rings. The van der Waals surface area contributed by atoms with Gasteiger partial charge in [-0.05, 0) is 57.2 Å². The first-order valence-electron chi connectivity index (χ1n) is 8.54. The van der Waals surface area contributed by atoms with Crippen molar-refractivity contribution in [2.24, 2.45) is 5.92 Å². The first kappa shape index (κ1) is 16.0. The van der Waals surface area contributed by atoms with Gasteiger partial charge in [-0.1, -0.05) is 0 Å². The number of fused-ring (bicyclic) bond motifs is 2. The maximum Gasteiger partial charge on any atom is 0.223 e. The van der Waals surface area contributed by atoms with E-state index in [0.717, 1.165) is 37.3 Å². The van der Waals surface area contributed by atoms with E-state index in [2.05, 4.69) is 15.5 Å². The van der Waals surface area contributed by atoms with Gasteiger partial charge in [0.05, 0.1) is 6.61 Å². The van der Waals surface area contributed by atoms with Crippen molar-refractivity contribution in [2.75, 3.05) is 20.3 Å². The summed E-state index contributed by atoms with van der Waals surface area (Å²) >= 11 is 5.59. The molecule has 2 aliphatic heterocycles. The molecule has 1 saturated carbocycles. The van der Waals surface area contributed by atoms with Crippen molar-refractivity contribution in [3.05, 3.63) is 0 Å². The third-order valence-corrected chi connectivity index (χ3v) is 5.44. The van der Waals surface area contributed by atoms with Crippen LogP contribution in [0, 0.1) is 5.92 Å². The van der Waals surface area contributed by atoms with Gasteiger partial charge in [-0.2, -0.15) is 0 Å². The highest BCUT2D eigenvalue weighted by atomic mass is 32.1. The van der Waals surface area contributed by atoms with Gasteiger partial charge in [-0.25, -0.2) is 0 Å². The first-order chi connectivity index (χ1) is 10.7. The predicted octanol–water partition coefficient (Wildman–Crippen LogP) is 1.42. The van der Waals surface area contributed by atoms with Crippen LogP contribution >= 0.6 is 12.2 Å². The number of hydrogen-bond acceptors (Lipinski definition) is 3. The molecule has 1 aliphatic carbocycles. The predicted molar refractivity (Wildman–Crippen MR) is 89.6 cm³/mol. The van der Waals surface area contributed by atoms with Gasteiger partial charge in [0.15, 0.2) is 5.11 Å². The van der Waals surface area contributed by atoms with E-state index < -0.39 is 0 Å². The molecule has 0 aromatic carbocycles. The largest absolute Gasteiger partial charge is 0.383 e. The summed E-state index contributed by atoms with van der Waals surface area (Å²) in [5, 5.41) is 7.44. The summed E-state index contributed by atoms with van der Waals surface area (Å²) in [7, 11) is 1.70. The Balaban J connectivity index is 1.55. The van der Waals surface area contributed by atoms with Crippen LogP contribution in [0.3, 0.4) is 0 Å². The van der Waals surface area contributed by atoms with E-state index in [1.807, 2.05) is 0 Å². The molecule has 0 unspecified atom stereocenters. The van der Waals surface area contributed by atoms with E-state index in [-0.39, 0.29) is 5.91 Å². The number of thiocarbonyl (C=S) groups is 1. The Morgan fingerprint density at radius 3 is 2.50 bits per heavy atom. The van der Waals surface area contributed by atoms with Gasteiger partial charge in [-0.3, -0.25) is 4.79 Å². The average molecular weight is 325 g/mol. The van der Waals surface area contributed by atoms with Gasteiger partial charge in [0.1, 0.15) is 0 Å². The van der Waals surface area contributed by atoms with Crippen LogP contribution in [-0.4, -0.2) is 54.3 Å². The van der Waals surface area contributed by atoms with E-state index in [1.54, 1.807) is 7.11 Å². The number of nitrogens with one attached hydrogen (secondary N) is 2. The zero-order chi connectivity index (χ0) is 15.5. The normalized spacial score (nSPS) is 30.8. The maximum atomic E-state index is 12.0. The number of hydrogen-bond donors (Lipinski definition) is 2. The van der Waals surface area contributed by atoms with Crippen LogP contribution in [0.2, 0.25) is 0 Å². The monoisotopic (exact) mass is 325 g/mol. The summed E-state index contributed by atoms with van der Waals surface area (Å²) in [6, 6.07) is 1.28. The highest BCUT2D eigenvalue weighted by Gasteiger charge is 2.41. The summed E-state index contributed by atoms with van der Waals surface area (Å²) < 4.78 is 5.07. The molecule has 0 radical (unpaired) electrons. The summed E-state index contributed by atoms with van der Waals surface area (Å²) in [5.74, 6) is 0.576. The van der Waals surface area contributed by atoms with Crippen LogP contribution in [0.1, 0.15) is 44.9 Å². The quantitative estimate of drug-likeness (QED) is 0.591. The van der Waals surface area contributed by atoms with Crippen molar-refractivity contribution >= 4 is 23.2 Å². The summed E-state index contributed by atoms with van der Waals surface area (Å²) in [6.07, 6.45) is 7.84. The molecule has 2 saturated heterocycles. The van der Waals surface area contributed by atoms with Crippen molar-refractivity contribution < 1.29 is 9.53 Å². The molecule has 124 valence electrons. The van der Waals surface area contributed by atoms with E-state index in [9.17, 15) is 4.79 Å². The van der Waals surface area contributed by atoms with Gasteiger partial charge in [0, 0.05) is 37.7 Å². The smallest absolute Gasteiger partial charge is 0.223 e. The Kier molecular flexibility index (Phi) is 5.18. The molecule has 2 atom stereocenters. The fraction of sp³-hybridized carbons (Fsp3) is 0.875. The molecule has 0 spiro atoms. The molecule has 5 nitrogen and oxygen atoms in total. The molecular formula is C16H27N3O2S. The molecular weight excluding hydrogens is 298 g/mol. The van der Waals surface area contributed by atoms with Crippen LogP contribution in [-0.2, 0) is 9.53 Å². The maximum absolute atomic E-state index is 12.0. The molecule has 1 amide bonds. The number of carbonyl (C=O) groups is 1. The number of rotatable bonds is 5. The van der Waals surface area contributed by atoms with Gasteiger partial charge in [0.2, 0.25) is 5.91 Å². The number of carbonyl (C=O) groups excluding carboxylic acids is 1. The van der Waals surface area contributed by atoms with Crippen molar-refractivity contribution in [2.45, 2.75) is 63.1 Å². The molecule has 0 aromatic heterocycles. The minimum atomic E-state index is 0.275. The fourth-order valence-electron chi connectivity index (χ4n) is 3.85. The number of methoxy groups -OCH3 is 1. The van der Waals surface area contributed by atoms with Crippen molar-refractivity contribution in [3.63, 3.8) is 0 Å². The third-order valence-electron chi connectivity index (χ3n) is 5.09. The van der Waals surface area contributed by atoms with Crippen molar-refractivity contribution in [3.8, 4) is 0 Å². The topological polar surface area (TPSA) is 53.6 Å². The minimum Gasteiger partial charge on any atom is -0.383 e. The Bertz CT molecular complexity index is 414. The van der Waals surface area contributed by atoms with Crippen LogP contribution in [0.25, 0.3) is 0 Å². The van der Waals surface area contributed by atoms with Gasteiger partial charge >= 0.3 is 0 Å². The zero-order valence-electron chi connectivity index (χ0n) is 13.3. The molecule has 22 heavy (non-hydrogen) atoms. The van der Waals surface area contributed by atoms with Gasteiger partial charge in [0.25, 0.3) is 0 Å². The highest BCUT2D eigenvalue weighted by molar-refractivity contribution is 7.80. The highest BCUT2D eigenvalue weighted by Crippen LogP contribution is 2.35. The minimum absolute atomic E-state index is 0.275. The van der Waals surface area contributed by atoms with E-state index in [4.69, 9.17) is 17.0 Å². The Morgan fingerprint density at radius 2 is 1.91 bits per heavy atom. The Labute approximate surface area is 138 Å². The molecule has 3 fully saturated rings. The zero-order valence-corrected chi connectivity index (χ0v) is 14.2. The fourth-order valence-corrected chi connectivity index (χ4v) is 4.25. The SMILES string of the molecule is COCCNC(=S)N1[C@@H]2CCC[C@@H]1CC(NC(=O)C1CC1)C2. The van der Waals surface area contributed by atoms with Crippen LogP contribution in [0.4, 0.5) is 0 Å². The van der Waals surface area contributed by atoms with E-state index >= 15 is 0 Å². The molecule has 2 heterocycles. The first-order valence-corrected chi connectivity index (χ1v) is 8.95. The number of ether oxygens (including phenoxy) is 1. The Morgan fingerprint density at radius 1 is 1.23 bits per heavy atom. The number of nitrogens with zero attached hydrogens (tertiary/aromatic N) is 1. The van der Waals surface area contributed by atoms with Gasteiger partial charge < -0.3 is 20.3 Å². The summed E-state index contributed by atoms with van der Waals surface area (Å²) in [6.45, 7) is 1.43. The van der Waals surface area contributed by atoms with E-state index in [1.165, 1.54) is 19.3 Å². The standard InChI is InChI=1S/C16H27N3O2S/c1-21-8-7-17-16(22)19-13-3-2-4-14(19)10-12(9-13)18-15(20)11-5-6-11/h11-14H,2-10H2,1H3,(H,17,22)(H,18,20)/t13-,14-/m1/s1. The molecule has 2 N–H and O–H groups in total. The molecule has 0 aromatic rings. The van der Waals surface area contributed by atoms with Crippen LogP contribution < -0.4 is 10.6 Å². The lowest BCUT2D eigenvalue weighted by Gasteiger charge is -2.50. The summed E-state index contributed by atoms with van der Waals surface area (Å²) in [4.78, 5) is 14.4. The van der Waals surface area contributed by atoms with Crippen molar-refractivity contribution in [1.82, 2.24) is 15.5 Å². The average Bonchev–Trinajstić information content (AvgIpc) is 3.31. The lowest BCUT2D eigenvalue weighted by molar-refractivity contribution is -0.123. The number of amides is 1. The molecule has 6 heteroatoms. The van der Waals surface area contributed by atoms with E-state index in [0.29, 0.717) is 30.7 Å². The van der Waals surface area contributed by atoms with Crippen molar-refractivity contribution in [1.29, 1.82) is 0 Å². The molecule has 3 rings (SSSR count). The Hall–Kier alpha value is -0.880.